The van der Waals surface area contributed by atoms with E-state index in [4.69, 9.17) is 9.47 Å². The van der Waals surface area contributed by atoms with Crippen molar-refractivity contribution in [3.05, 3.63) is 53.1 Å². The molecule has 2 rings (SSSR count). The first-order chi connectivity index (χ1) is 13.8. The summed E-state index contributed by atoms with van der Waals surface area (Å²) in [6, 6.07) is 12.1. The maximum Gasteiger partial charge on any atom is 0.238 e. The van der Waals surface area contributed by atoms with Crippen molar-refractivity contribution in [2.45, 2.75) is 46.1 Å². The topological polar surface area (TPSA) is 50.8 Å². The maximum atomic E-state index is 12.8. The van der Waals surface area contributed by atoms with Crippen molar-refractivity contribution in [2.24, 2.45) is 0 Å². The number of methoxy groups -OCH3 is 2. The number of hydrogen-bond acceptors (Lipinski definition) is 4. The van der Waals surface area contributed by atoms with Crippen LogP contribution in [-0.2, 0) is 11.3 Å². The van der Waals surface area contributed by atoms with Crippen LogP contribution in [0.25, 0.3) is 0 Å². The quantitative estimate of drug-likeness (QED) is 0.644. The van der Waals surface area contributed by atoms with Crippen molar-refractivity contribution < 1.29 is 14.3 Å². The van der Waals surface area contributed by atoms with Gasteiger partial charge in [-0.1, -0.05) is 52.0 Å². The first kappa shape index (κ1) is 22.8. The minimum absolute atomic E-state index is 0.0111. The lowest BCUT2D eigenvalue weighted by Gasteiger charge is -2.22. The summed E-state index contributed by atoms with van der Waals surface area (Å²) in [5.74, 6) is 2.06. The number of ether oxygens (including phenoxy) is 2. The number of rotatable bonds is 9. The van der Waals surface area contributed by atoms with Crippen molar-refractivity contribution >= 4 is 11.6 Å². The van der Waals surface area contributed by atoms with E-state index in [1.165, 1.54) is 11.1 Å². The van der Waals surface area contributed by atoms with Gasteiger partial charge in [0.25, 0.3) is 0 Å². The van der Waals surface area contributed by atoms with Gasteiger partial charge in [-0.2, -0.15) is 0 Å². The lowest BCUT2D eigenvalue weighted by atomic mass is 9.92. The summed E-state index contributed by atoms with van der Waals surface area (Å²) in [5.41, 5.74) is 4.37. The Bertz CT molecular complexity index is 805. The number of nitrogens with one attached hydrogen (secondary N) is 1. The molecule has 0 saturated carbocycles. The Morgan fingerprint density at radius 3 is 2.07 bits per heavy atom. The second-order valence-corrected chi connectivity index (χ2v) is 8.03. The fraction of sp³-hybridized carbons (Fsp3) is 0.458. The van der Waals surface area contributed by atoms with Gasteiger partial charge in [0.15, 0.2) is 11.5 Å². The Balaban J connectivity index is 2.10. The van der Waals surface area contributed by atoms with Crippen LogP contribution in [0.15, 0.2) is 36.4 Å². The Labute approximate surface area is 175 Å². The molecule has 1 N–H and O–H groups in total. The van der Waals surface area contributed by atoms with Crippen molar-refractivity contribution in [1.82, 2.24) is 4.90 Å². The highest BCUT2D eigenvalue weighted by atomic mass is 16.5. The second-order valence-electron chi connectivity index (χ2n) is 8.03. The third kappa shape index (κ3) is 5.97. The van der Waals surface area contributed by atoms with E-state index in [0.717, 1.165) is 11.3 Å². The van der Waals surface area contributed by atoms with Gasteiger partial charge < -0.3 is 14.8 Å². The summed E-state index contributed by atoms with van der Waals surface area (Å²) in [5, 5.41) is 3.17. The highest BCUT2D eigenvalue weighted by molar-refractivity contribution is 5.94. The molecule has 0 unspecified atom stereocenters. The van der Waals surface area contributed by atoms with E-state index in [0.29, 0.717) is 36.4 Å². The molecule has 0 heterocycles. The van der Waals surface area contributed by atoms with E-state index in [-0.39, 0.29) is 5.91 Å². The first-order valence-electron chi connectivity index (χ1n) is 10.1. The number of carbonyl (C=O) groups excluding carboxylic acids is 1. The van der Waals surface area contributed by atoms with E-state index < -0.39 is 0 Å². The molecule has 0 saturated heterocycles. The monoisotopic (exact) mass is 398 g/mol. The predicted molar refractivity (Wildman–Crippen MR) is 119 cm³/mol. The SMILES string of the molecule is COc1ccc(CN(C)CC(=O)Nc2c(C(C)C)cccc2C(C)C)cc1OC. The van der Waals surface area contributed by atoms with Crippen molar-refractivity contribution in [2.75, 3.05) is 33.1 Å². The van der Waals surface area contributed by atoms with Crippen LogP contribution >= 0.6 is 0 Å². The standard InChI is InChI=1S/C24H34N2O3/c1-16(2)19-9-8-10-20(17(3)4)24(19)25-23(27)15-26(5)14-18-11-12-21(28-6)22(13-18)29-7/h8-13,16-17H,14-15H2,1-7H3,(H,25,27). The molecule has 0 aliphatic heterocycles. The number of nitrogens with zero attached hydrogens (tertiary/aromatic N) is 1. The molecule has 2 aromatic carbocycles. The first-order valence-corrected chi connectivity index (χ1v) is 10.1. The molecule has 2 aromatic rings. The molecule has 0 aliphatic carbocycles. The minimum atomic E-state index is -0.0111. The van der Waals surface area contributed by atoms with Crippen LogP contribution < -0.4 is 14.8 Å². The van der Waals surface area contributed by atoms with E-state index >= 15 is 0 Å². The van der Waals surface area contributed by atoms with Crippen molar-refractivity contribution in [1.29, 1.82) is 0 Å². The van der Waals surface area contributed by atoms with E-state index in [1.54, 1.807) is 14.2 Å². The number of carbonyl (C=O) groups is 1. The number of amides is 1. The van der Waals surface area contributed by atoms with Gasteiger partial charge in [-0.15, -0.1) is 0 Å². The minimum Gasteiger partial charge on any atom is -0.493 e. The lowest BCUT2D eigenvalue weighted by Crippen LogP contribution is -2.30. The van der Waals surface area contributed by atoms with Crippen LogP contribution in [0.3, 0.4) is 0 Å². The number of para-hydroxylation sites is 1. The van der Waals surface area contributed by atoms with Crippen LogP contribution in [0.4, 0.5) is 5.69 Å². The third-order valence-corrected chi connectivity index (χ3v) is 4.95. The fourth-order valence-corrected chi connectivity index (χ4v) is 3.47. The normalized spacial score (nSPS) is 11.2. The highest BCUT2D eigenvalue weighted by Gasteiger charge is 2.17. The summed E-state index contributed by atoms with van der Waals surface area (Å²) in [7, 11) is 5.18. The Morgan fingerprint density at radius 2 is 1.55 bits per heavy atom. The van der Waals surface area contributed by atoms with Crippen molar-refractivity contribution in [3.63, 3.8) is 0 Å². The zero-order valence-corrected chi connectivity index (χ0v) is 18.7. The molecule has 158 valence electrons. The molecule has 0 aliphatic rings. The highest BCUT2D eigenvalue weighted by Crippen LogP contribution is 2.32. The molecule has 1 amide bonds. The molecule has 5 nitrogen and oxygen atoms in total. The van der Waals surface area contributed by atoms with Crippen LogP contribution in [-0.4, -0.2) is 38.6 Å². The van der Waals surface area contributed by atoms with Gasteiger partial charge in [0.05, 0.1) is 20.8 Å². The number of likely N-dealkylation sites (N-methyl/N-ethyl adjacent to an activating group) is 1. The molecule has 0 atom stereocenters. The summed E-state index contributed by atoms with van der Waals surface area (Å²) in [4.78, 5) is 14.8. The Morgan fingerprint density at radius 1 is 0.966 bits per heavy atom. The van der Waals surface area contributed by atoms with Crippen LogP contribution in [0.2, 0.25) is 0 Å². The summed E-state index contributed by atoms with van der Waals surface area (Å²) in [6.45, 7) is 9.54. The summed E-state index contributed by atoms with van der Waals surface area (Å²) >= 11 is 0. The largest absolute Gasteiger partial charge is 0.493 e. The van der Waals surface area contributed by atoms with Crippen LogP contribution in [0.5, 0.6) is 11.5 Å². The molecule has 5 heteroatoms. The van der Waals surface area contributed by atoms with E-state index in [9.17, 15) is 4.79 Å². The van der Waals surface area contributed by atoms with Gasteiger partial charge in [0.1, 0.15) is 0 Å². The van der Waals surface area contributed by atoms with Crippen LogP contribution in [0.1, 0.15) is 56.2 Å². The fourth-order valence-electron chi connectivity index (χ4n) is 3.47. The zero-order chi connectivity index (χ0) is 21.6. The number of anilines is 1. The van der Waals surface area contributed by atoms with E-state index in [2.05, 4.69) is 51.2 Å². The van der Waals surface area contributed by atoms with Crippen molar-refractivity contribution in [3.8, 4) is 11.5 Å². The molecule has 0 radical (unpaired) electrons. The van der Waals surface area contributed by atoms with Gasteiger partial charge in [-0.3, -0.25) is 9.69 Å². The third-order valence-electron chi connectivity index (χ3n) is 4.95. The predicted octanol–water partition coefficient (Wildman–Crippen LogP) is 5.02. The van der Waals surface area contributed by atoms with Gasteiger partial charge >= 0.3 is 0 Å². The maximum absolute atomic E-state index is 12.8. The molecular weight excluding hydrogens is 364 g/mol. The number of hydrogen-bond donors (Lipinski definition) is 1. The van der Waals surface area contributed by atoms with Gasteiger partial charge in [0, 0.05) is 12.2 Å². The van der Waals surface area contributed by atoms with Gasteiger partial charge in [0.2, 0.25) is 5.91 Å². The smallest absolute Gasteiger partial charge is 0.238 e. The molecular formula is C24H34N2O3. The molecule has 29 heavy (non-hydrogen) atoms. The molecule has 0 spiro atoms. The summed E-state index contributed by atoms with van der Waals surface area (Å²) < 4.78 is 10.7. The molecule has 0 bridgehead atoms. The Hall–Kier alpha value is -2.53. The summed E-state index contributed by atoms with van der Waals surface area (Å²) in [6.07, 6.45) is 0. The number of benzene rings is 2. The Kier molecular flexibility index (Phi) is 8.09. The zero-order valence-electron chi connectivity index (χ0n) is 18.7. The average Bonchev–Trinajstić information content (AvgIpc) is 2.67. The average molecular weight is 399 g/mol. The van der Waals surface area contributed by atoms with Gasteiger partial charge in [-0.05, 0) is 47.7 Å². The lowest BCUT2D eigenvalue weighted by molar-refractivity contribution is -0.117. The van der Waals surface area contributed by atoms with E-state index in [1.807, 2.05) is 30.1 Å². The van der Waals surface area contributed by atoms with Gasteiger partial charge in [-0.25, -0.2) is 0 Å². The molecule has 0 aromatic heterocycles. The van der Waals surface area contributed by atoms with Crippen LogP contribution in [0, 0.1) is 0 Å². The molecule has 0 fully saturated rings. The second kappa shape index (κ2) is 10.3.